The molecule has 15 heavy (non-hydrogen) atoms. The Labute approximate surface area is 88.4 Å². The van der Waals surface area contributed by atoms with E-state index in [4.69, 9.17) is 19.3 Å². The van der Waals surface area contributed by atoms with Gasteiger partial charge in [0.15, 0.2) is 11.5 Å². The zero-order valence-electron chi connectivity index (χ0n) is 8.82. The van der Waals surface area contributed by atoms with E-state index in [1.54, 1.807) is 13.2 Å². The first-order valence-corrected chi connectivity index (χ1v) is 4.84. The Kier molecular flexibility index (Phi) is 2.68. The molecular weight excluding hydrogens is 196 g/mol. The Morgan fingerprint density at radius 3 is 2.67 bits per heavy atom. The zero-order chi connectivity index (χ0) is 10.8. The van der Waals surface area contributed by atoms with E-state index in [9.17, 15) is 0 Å². The minimum atomic E-state index is 0.0226. The van der Waals surface area contributed by atoms with Crippen LogP contribution in [0.1, 0.15) is 18.4 Å². The maximum atomic E-state index is 9.13. The predicted molar refractivity (Wildman–Crippen MR) is 54.6 cm³/mol. The molecule has 1 aromatic carbocycles. The smallest absolute Gasteiger partial charge is 0.231 e. The van der Waals surface area contributed by atoms with Crippen LogP contribution in [0.5, 0.6) is 17.2 Å². The average molecular weight is 210 g/mol. The number of hydrogen-bond acceptors (Lipinski definition) is 4. The van der Waals surface area contributed by atoms with E-state index in [1.165, 1.54) is 0 Å². The van der Waals surface area contributed by atoms with Crippen LogP contribution in [0.25, 0.3) is 0 Å². The summed E-state index contributed by atoms with van der Waals surface area (Å²) >= 11 is 0. The van der Waals surface area contributed by atoms with Gasteiger partial charge in [-0.1, -0.05) is 6.92 Å². The first-order chi connectivity index (χ1) is 7.26. The maximum Gasteiger partial charge on any atom is 0.231 e. The van der Waals surface area contributed by atoms with Crippen molar-refractivity contribution in [2.75, 3.05) is 20.5 Å². The van der Waals surface area contributed by atoms with Crippen LogP contribution in [-0.2, 0) is 0 Å². The van der Waals surface area contributed by atoms with Crippen molar-refractivity contribution in [3.63, 3.8) is 0 Å². The van der Waals surface area contributed by atoms with Crippen LogP contribution in [0.3, 0.4) is 0 Å². The van der Waals surface area contributed by atoms with Gasteiger partial charge >= 0.3 is 0 Å². The molecule has 0 bridgehead atoms. The lowest BCUT2D eigenvalue weighted by atomic mass is 10.0. The summed E-state index contributed by atoms with van der Waals surface area (Å²) in [7, 11) is 1.60. The highest BCUT2D eigenvalue weighted by Gasteiger charge is 2.20. The fourth-order valence-corrected chi connectivity index (χ4v) is 1.60. The van der Waals surface area contributed by atoms with E-state index in [2.05, 4.69) is 0 Å². The second-order valence-electron chi connectivity index (χ2n) is 3.53. The number of rotatable bonds is 3. The van der Waals surface area contributed by atoms with Gasteiger partial charge in [0, 0.05) is 24.2 Å². The molecule has 0 aliphatic carbocycles. The van der Waals surface area contributed by atoms with Gasteiger partial charge in [-0.25, -0.2) is 0 Å². The summed E-state index contributed by atoms with van der Waals surface area (Å²) in [6.45, 7) is 2.26. The number of aliphatic hydroxyl groups is 1. The van der Waals surface area contributed by atoms with E-state index < -0.39 is 0 Å². The molecule has 4 nitrogen and oxygen atoms in total. The lowest BCUT2D eigenvalue weighted by molar-refractivity contribution is 0.174. The van der Waals surface area contributed by atoms with Gasteiger partial charge in [-0.3, -0.25) is 0 Å². The van der Waals surface area contributed by atoms with Gasteiger partial charge in [0.1, 0.15) is 5.75 Å². The number of hydrogen-bond donors (Lipinski definition) is 1. The van der Waals surface area contributed by atoms with E-state index in [-0.39, 0.29) is 19.3 Å². The zero-order valence-corrected chi connectivity index (χ0v) is 8.82. The van der Waals surface area contributed by atoms with Crippen LogP contribution < -0.4 is 14.2 Å². The number of aliphatic hydroxyl groups excluding tert-OH is 1. The van der Waals surface area contributed by atoms with Crippen LogP contribution in [0, 0.1) is 0 Å². The first kappa shape index (κ1) is 10.1. The molecular formula is C11H14O4. The molecule has 1 atom stereocenters. The van der Waals surface area contributed by atoms with Crippen molar-refractivity contribution < 1.29 is 19.3 Å². The van der Waals surface area contributed by atoms with E-state index in [0.29, 0.717) is 11.5 Å². The quantitative estimate of drug-likeness (QED) is 0.821. The van der Waals surface area contributed by atoms with E-state index in [0.717, 1.165) is 11.3 Å². The third-order valence-electron chi connectivity index (χ3n) is 2.53. The van der Waals surface area contributed by atoms with Gasteiger partial charge in [-0.05, 0) is 6.07 Å². The van der Waals surface area contributed by atoms with Crippen molar-refractivity contribution in [3.05, 3.63) is 17.7 Å². The normalized spacial score (nSPS) is 15.1. The molecule has 0 fully saturated rings. The highest BCUT2D eigenvalue weighted by atomic mass is 16.7. The van der Waals surface area contributed by atoms with Crippen molar-refractivity contribution in [1.29, 1.82) is 0 Å². The van der Waals surface area contributed by atoms with Crippen LogP contribution in [0.2, 0.25) is 0 Å². The third kappa shape index (κ3) is 1.72. The molecule has 82 valence electrons. The molecule has 0 spiro atoms. The number of fused-ring (bicyclic) bond motifs is 1. The number of ether oxygens (including phenoxy) is 3. The Morgan fingerprint density at radius 1 is 1.40 bits per heavy atom. The number of methoxy groups -OCH3 is 1. The standard InChI is InChI=1S/C11H14O4/c1-7(5-12)8-3-10-11(15-6-14-10)4-9(8)13-2/h3-4,7,12H,5-6H2,1-2H3. The van der Waals surface area contributed by atoms with Crippen LogP contribution in [0.15, 0.2) is 12.1 Å². The molecule has 1 aliphatic rings. The maximum absolute atomic E-state index is 9.13. The van der Waals surface area contributed by atoms with Gasteiger partial charge in [0.25, 0.3) is 0 Å². The summed E-state index contributed by atoms with van der Waals surface area (Å²) in [5.74, 6) is 2.15. The largest absolute Gasteiger partial charge is 0.496 e. The second-order valence-corrected chi connectivity index (χ2v) is 3.53. The van der Waals surface area contributed by atoms with Crippen molar-refractivity contribution in [2.45, 2.75) is 12.8 Å². The molecule has 0 amide bonds. The van der Waals surface area contributed by atoms with Gasteiger partial charge in [0.2, 0.25) is 6.79 Å². The van der Waals surface area contributed by atoms with Gasteiger partial charge in [0.05, 0.1) is 7.11 Å². The molecule has 1 N–H and O–H groups in total. The molecule has 4 heteroatoms. The molecule has 1 heterocycles. The highest BCUT2D eigenvalue weighted by Crippen LogP contribution is 2.40. The fourth-order valence-electron chi connectivity index (χ4n) is 1.60. The summed E-state index contributed by atoms with van der Waals surface area (Å²) in [4.78, 5) is 0. The van der Waals surface area contributed by atoms with E-state index in [1.807, 2.05) is 13.0 Å². The first-order valence-electron chi connectivity index (χ1n) is 4.84. The molecule has 2 rings (SSSR count). The molecule has 0 saturated carbocycles. The average Bonchev–Trinajstić information content (AvgIpc) is 2.73. The van der Waals surface area contributed by atoms with Gasteiger partial charge in [-0.15, -0.1) is 0 Å². The number of benzene rings is 1. The Morgan fingerprint density at radius 2 is 2.07 bits per heavy atom. The molecule has 0 aromatic heterocycles. The summed E-state index contributed by atoms with van der Waals surface area (Å²) in [6.07, 6.45) is 0. The molecule has 1 aromatic rings. The fraction of sp³-hybridized carbons (Fsp3) is 0.455. The van der Waals surface area contributed by atoms with E-state index >= 15 is 0 Å². The van der Waals surface area contributed by atoms with Crippen LogP contribution in [-0.4, -0.2) is 25.6 Å². The SMILES string of the molecule is COc1cc2c(cc1C(C)CO)OCO2. The highest BCUT2D eigenvalue weighted by molar-refractivity contribution is 5.52. The van der Waals surface area contributed by atoms with Crippen molar-refractivity contribution in [3.8, 4) is 17.2 Å². The van der Waals surface area contributed by atoms with Crippen LogP contribution >= 0.6 is 0 Å². The lowest BCUT2D eigenvalue weighted by Gasteiger charge is -2.14. The van der Waals surface area contributed by atoms with Crippen molar-refractivity contribution >= 4 is 0 Å². The Bertz CT molecular complexity index is 362. The third-order valence-corrected chi connectivity index (χ3v) is 2.53. The van der Waals surface area contributed by atoms with Crippen molar-refractivity contribution in [1.82, 2.24) is 0 Å². The van der Waals surface area contributed by atoms with Crippen molar-refractivity contribution in [2.24, 2.45) is 0 Å². The van der Waals surface area contributed by atoms with Gasteiger partial charge < -0.3 is 19.3 Å². The topological polar surface area (TPSA) is 47.9 Å². The Balaban J connectivity index is 2.44. The van der Waals surface area contributed by atoms with Crippen LogP contribution in [0.4, 0.5) is 0 Å². The monoisotopic (exact) mass is 210 g/mol. The predicted octanol–water partition coefficient (Wildman–Crippen LogP) is 1.52. The molecule has 0 saturated heterocycles. The molecule has 1 aliphatic heterocycles. The molecule has 1 unspecified atom stereocenters. The van der Waals surface area contributed by atoms with Gasteiger partial charge in [-0.2, -0.15) is 0 Å². The molecule has 0 radical (unpaired) electrons. The summed E-state index contributed by atoms with van der Waals surface area (Å²) in [5.41, 5.74) is 0.934. The minimum absolute atomic E-state index is 0.0226. The minimum Gasteiger partial charge on any atom is -0.496 e. The summed E-state index contributed by atoms with van der Waals surface area (Å²) in [6, 6.07) is 3.66. The summed E-state index contributed by atoms with van der Waals surface area (Å²) < 4.78 is 15.8. The second kappa shape index (κ2) is 3.98. The lowest BCUT2D eigenvalue weighted by Crippen LogP contribution is -2.01. The summed E-state index contributed by atoms with van der Waals surface area (Å²) in [5, 5.41) is 9.13. The Hall–Kier alpha value is -1.42.